The van der Waals surface area contributed by atoms with E-state index in [0.717, 1.165) is 30.4 Å². The lowest BCUT2D eigenvalue weighted by Gasteiger charge is -2.20. The molecule has 2 atom stereocenters. The molecule has 1 aliphatic carbocycles. The van der Waals surface area contributed by atoms with Gasteiger partial charge < -0.3 is 35.1 Å². The molecule has 11 heteroatoms. The maximum Gasteiger partial charge on any atom is 0.242 e. The van der Waals surface area contributed by atoms with Gasteiger partial charge in [-0.3, -0.25) is 19.2 Å². The molecular formula is C33H44N4O7. The van der Waals surface area contributed by atoms with Crippen LogP contribution in [0.4, 0.5) is 5.69 Å². The van der Waals surface area contributed by atoms with Crippen LogP contribution in [-0.4, -0.2) is 69.6 Å². The zero-order valence-electron chi connectivity index (χ0n) is 26.3. The standard InChI is InChI=1S/C33H44N4O7/c1-6-7-9-26(33(41)34-15-17-37-16-8-10-29(37)40)36-25-14-12-22-23(19-27(25)39)24(35-20(2)38)13-11-21-18-28(42-3)31(43-4)32(44-5)30(21)22/h12,14,18-19,24,26H,6-11,13,15-17H2,1-5H3,(H,34,41)(H,35,38)(H,36,39)/t24-,26?/m0/s1. The molecule has 0 saturated carbocycles. The Hall–Kier alpha value is -4.28. The van der Waals surface area contributed by atoms with Crippen LogP contribution >= 0.6 is 0 Å². The zero-order valence-corrected chi connectivity index (χ0v) is 26.3. The Morgan fingerprint density at radius 1 is 1.05 bits per heavy atom. The molecule has 2 aromatic carbocycles. The van der Waals surface area contributed by atoms with Crippen LogP contribution in [0.1, 0.15) is 69.5 Å². The summed E-state index contributed by atoms with van der Waals surface area (Å²) in [5.74, 6) is 1.09. The number of methoxy groups -OCH3 is 3. The number of nitrogens with one attached hydrogen (secondary N) is 3. The smallest absolute Gasteiger partial charge is 0.242 e. The Kier molecular flexibility index (Phi) is 11.1. The Morgan fingerprint density at radius 3 is 2.45 bits per heavy atom. The first-order valence-electron chi connectivity index (χ1n) is 15.3. The van der Waals surface area contributed by atoms with Gasteiger partial charge in [-0.25, -0.2) is 0 Å². The molecule has 3 amide bonds. The summed E-state index contributed by atoms with van der Waals surface area (Å²) in [6.45, 7) is 5.02. The summed E-state index contributed by atoms with van der Waals surface area (Å²) in [4.78, 5) is 53.0. The molecule has 1 fully saturated rings. The maximum atomic E-state index is 13.8. The minimum absolute atomic E-state index is 0.110. The highest BCUT2D eigenvalue weighted by Gasteiger charge is 2.30. The van der Waals surface area contributed by atoms with Gasteiger partial charge in [0.15, 0.2) is 11.5 Å². The number of hydrogen-bond donors (Lipinski definition) is 3. The number of benzene rings is 1. The van der Waals surface area contributed by atoms with E-state index in [1.165, 1.54) is 20.1 Å². The second-order valence-corrected chi connectivity index (χ2v) is 11.2. The molecular weight excluding hydrogens is 564 g/mol. The van der Waals surface area contributed by atoms with Crippen molar-refractivity contribution in [3.8, 4) is 28.4 Å². The van der Waals surface area contributed by atoms with Gasteiger partial charge >= 0.3 is 0 Å². The highest BCUT2D eigenvalue weighted by molar-refractivity contribution is 5.86. The van der Waals surface area contributed by atoms with E-state index in [-0.39, 0.29) is 28.8 Å². The Bertz CT molecular complexity index is 1440. The van der Waals surface area contributed by atoms with Gasteiger partial charge in [0.05, 0.1) is 33.1 Å². The van der Waals surface area contributed by atoms with Gasteiger partial charge in [0.25, 0.3) is 0 Å². The maximum absolute atomic E-state index is 13.8. The third-order valence-electron chi connectivity index (χ3n) is 8.26. The van der Waals surface area contributed by atoms with Gasteiger partial charge in [-0.15, -0.1) is 0 Å². The first kappa shape index (κ1) is 32.6. The second kappa shape index (κ2) is 14.9. The number of amides is 3. The van der Waals surface area contributed by atoms with Gasteiger partial charge in [0, 0.05) is 38.5 Å². The van der Waals surface area contributed by atoms with Crippen molar-refractivity contribution in [3.63, 3.8) is 0 Å². The molecule has 1 aliphatic heterocycles. The summed E-state index contributed by atoms with van der Waals surface area (Å²) in [5, 5.41) is 9.16. The van der Waals surface area contributed by atoms with Crippen LogP contribution in [0.3, 0.4) is 0 Å². The molecule has 11 nitrogen and oxygen atoms in total. The third kappa shape index (κ3) is 7.26. The molecule has 2 aliphatic rings. The van der Waals surface area contributed by atoms with Crippen LogP contribution in [0.2, 0.25) is 0 Å². The van der Waals surface area contributed by atoms with Gasteiger partial charge in [-0.2, -0.15) is 0 Å². The molecule has 0 bridgehead atoms. The first-order valence-corrected chi connectivity index (χ1v) is 15.3. The molecule has 2 aromatic rings. The monoisotopic (exact) mass is 608 g/mol. The number of fused-ring (bicyclic) bond motifs is 3. The van der Waals surface area contributed by atoms with Crippen molar-refractivity contribution in [3.05, 3.63) is 45.6 Å². The van der Waals surface area contributed by atoms with Gasteiger partial charge in [0.1, 0.15) is 6.04 Å². The number of rotatable bonds is 13. The summed E-state index contributed by atoms with van der Waals surface area (Å²) in [5.41, 5.74) is 3.01. The highest BCUT2D eigenvalue weighted by Crippen LogP contribution is 2.50. The molecule has 238 valence electrons. The molecule has 1 heterocycles. The average molecular weight is 609 g/mol. The summed E-state index contributed by atoms with van der Waals surface area (Å²) >= 11 is 0. The third-order valence-corrected chi connectivity index (χ3v) is 8.26. The van der Waals surface area contributed by atoms with E-state index in [1.807, 2.05) is 19.1 Å². The molecule has 44 heavy (non-hydrogen) atoms. The molecule has 0 spiro atoms. The van der Waals surface area contributed by atoms with Crippen molar-refractivity contribution >= 4 is 23.4 Å². The number of hydrogen-bond acceptors (Lipinski definition) is 8. The summed E-state index contributed by atoms with van der Waals surface area (Å²) in [6, 6.07) is 5.89. The fourth-order valence-corrected chi connectivity index (χ4v) is 6.07. The van der Waals surface area contributed by atoms with Crippen LogP contribution in [0.25, 0.3) is 11.1 Å². The van der Waals surface area contributed by atoms with E-state index in [4.69, 9.17) is 14.2 Å². The minimum Gasteiger partial charge on any atom is -0.493 e. The molecule has 1 saturated heterocycles. The molecule has 4 rings (SSSR count). The SMILES string of the molecule is CCCCC(Nc1ccc2c(cc1=O)[C@@H](NC(C)=O)CCc1cc(OC)c(OC)c(OC)c1-2)C(=O)NCCN1CCCC1=O. The summed E-state index contributed by atoms with van der Waals surface area (Å²) in [7, 11) is 4.66. The number of likely N-dealkylation sites (tertiary alicyclic amines) is 1. The first-order chi connectivity index (χ1) is 21.2. The fraction of sp³-hybridized carbons (Fsp3) is 0.515. The highest BCUT2D eigenvalue weighted by atomic mass is 16.5. The quantitative estimate of drug-likeness (QED) is 0.314. The van der Waals surface area contributed by atoms with Crippen molar-refractivity contribution < 1.29 is 28.6 Å². The molecule has 0 radical (unpaired) electrons. The van der Waals surface area contributed by atoms with Crippen LogP contribution in [-0.2, 0) is 20.8 Å². The van der Waals surface area contributed by atoms with Crippen LogP contribution in [0.5, 0.6) is 17.2 Å². The number of ether oxygens (including phenoxy) is 3. The van der Waals surface area contributed by atoms with Crippen molar-refractivity contribution in [2.24, 2.45) is 0 Å². The Labute approximate surface area is 258 Å². The summed E-state index contributed by atoms with van der Waals surface area (Å²) in [6.07, 6.45) is 4.74. The lowest BCUT2D eigenvalue weighted by Crippen LogP contribution is -2.43. The van der Waals surface area contributed by atoms with Gasteiger partial charge in [0.2, 0.25) is 28.9 Å². The molecule has 1 unspecified atom stereocenters. The van der Waals surface area contributed by atoms with E-state index in [9.17, 15) is 19.2 Å². The average Bonchev–Trinajstić information content (AvgIpc) is 3.27. The number of nitrogens with zero attached hydrogens (tertiary/aromatic N) is 1. The van der Waals surface area contributed by atoms with Crippen molar-refractivity contribution in [2.45, 2.75) is 70.9 Å². The predicted octanol–water partition coefficient (Wildman–Crippen LogP) is 3.57. The Morgan fingerprint density at radius 2 is 1.82 bits per heavy atom. The van der Waals surface area contributed by atoms with Crippen molar-refractivity contribution in [2.75, 3.05) is 46.3 Å². The topological polar surface area (TPSA) is 135 Å². The summed E-state index contributed by atoms with van der Waals surface area (Å²) < 4.78 is 17.1. The molecule has 3 N–H and O–H groups in total. The van der Waals surface area contributed by atoms with Crippen molar-refractivity contribution in [1.82, 2.24) is 15.5 Å². The van der Waals surface area contributed by atoms with Gasteiger partial charge in [-0.05, 0) is 60.6 Å². The van der Waals surface area contributed by atoms with Crippen molar-refractivity contribution in [1.29, 1.82) is 0 Å². The van der Waals surface area contributed by atoms with E-state index >= 15 is 0 Å². The number of unbranched alkanes of at least 4 members (excludes halogenated alkanes) is 1. The zero-order chi connectivity index (χ0) is 31.8. The number of aryl methyl sites for hydroxylation is 1. The largest absolute Gasteiger partial charge is 0.493 e. The van der Waals surface area contributed by atoms with Gasteiger partial charge in [-0.1, -0.05) is 25.8 Å². The minimum atomic E-state index is -0.642. The fourth-order valence-electron chi connectivity index (χ4n) is 6.07. The number of anilines is 1. The van der Waals surface area contributed by atoms with E-state index < -0.39 is 12.1 Å². The lowest BCUT2D eigenvalue weighted by atomic mass is 9.95. The normalized spacial score (nSPS) is 16.2. The number of carbonyl (C=O) groups is 3. The van der Waals surface area contributed by atoms with Crippen LogP contribution < -0.4 is 35.6 Å². The Balaban J connectivity index is 1.73. The second-order valence-electron chi connectivity index (χ2n) is 11.2. The van der Waals surface area contributed by atoms with E-state index in [2.05, 4.69) is 16.0 Å². The molecule has 0 aromatic heterocycles. The predicted molar refractivity (Wildman–Crippen MR) is 168 cm³/mol. The van der Waals surface area contributed by atoms with E-state index in [0.29, 0.717) is 73.7 Å². The van der Waals surface area contributed by atoms with E-state index in [1.54, 1.807) is 25.2 Å². The lowest BCUT2D eigenvalue weighted by molar-refractivity contribution is -0.128. The van der Waals surface area contributed by atoms with Crippen LogP contribution in [0, 0.1) is 0 Å². The number of carbonyl (C=O) groups excluding carboxylic acids is 3. The van der Waals surface area contributed by atoms with Crippen LogP contribution in [0.15, 0.2) is 29.1 Å².